The summed E-state index contributed by atoms with van der Waals surface area (Å²) in [5.41, 5.74) is 1.32. The lowest BCUT2D eigenvalue weighted by atomic mass is 10.2. The van der Waals surface area contributed by atoms with E-state index in [1.54, 1.807) is 29.6 Å². The molecular formula is C16H14F2N4O2. The Morgan fingerprint density at radius 2 is 2.00 bits per heavy atom. The van der Waals surface area contributed by atoms with E-state index in [9.17, 15) is 13.6 Å². The molecule has 0 fully saturated rings. The van der Waals surface area contributed by atoms with Crippen molar-refractivity contribution in [1.29, 1.82) is 0 Å². The summed E-state index contributed by atoms with van der Waals surface area (Å²) in [5.74, 6) is -1.66. The Morgan fingerprint density at radius 1 is 1.21 bits per heavy atom. The number of aromatic nitrogens is 2. The van der Waals surface area contributed by atoms with E-state index in [-0.39, 0.29) is 6.54 Å². The van der Waals surface area contributed by atoms with E-state index in [2.05, 4.69) is 15.7 Å². The Labute approximate surface area is 136 Å². The lowest BCUT2D eigenvalue weighted by molar-refractivity contribution is 0.251. The molecule has 0 saturated carbocycles. The normalized spacial score (nSPS) is 10.6. The molecule has 6 nitrogen and oxygen atoms in total. The van der Waals surface area contributed by atoms with Gasteiger partial charge in [0, 0.05) is 23.9 Å². The van der Waals surface area contributed by atoms with Gasteiger partial charge in [-0.25, -0.2) is 13.6 Å². The van der Waals surface area contributed by atoms with Gasteiger partial charge in [-0.3, -0.25) is 4.68 Å². The highest BCUT2D eigenvalue weighted by Crippen LogP contribution is 2.18. The summed E-state index contributed by atoms with van der Waals surface area (Å²) in [4.78, 5) is 11.7. The van der Waals surface area contributed by atoms with Gasteiger partial charge in [0.1, 0.15) is 17.3 Å². The molecule has 124 valence electrons. The fourth-order valence-electron chi connectivity index (χ4n) is 2.12. The summed E-state index contributed by atoms with van der Waals surface area (Å²) in [6.07, 6.45) is 6.66. The van der Waals surface area contributed by atoms with Gasteiger partial charge in [0.2, 0.25) is 0 Å². The Balaban J connectivity index is 1.50. The van der Waals surface area contributed by atoms with E-state index >= 15 is 0 Å². The summed E-state index contributed by atoms with van der Waals surface area (Å²) < 4.78 is 33.5. The van der Waals surface area contributed by atoms with Crippen LogP contribution >= 0.6 is 0 Å². The SMILES string of the molecule is O=C(NCCn1cc(-c2ccoc2)cn1)Nc1c(F)cccc1F. The van der Waals surface area contributed by atoms with Crippen molar-refractivity contribution in [3.63, 3.8) is 0 Å². The molecule has 2 heterocycles. The van der Waals surface area contributed by atoms with Gasteiger partial charge in [-0.1, -0.05) is 6.07 Å². The van der Waals surface area contributed by atoms with Crippen molar-refractivity contribution in [3.05, 3.63) is 60.8 Å². The molecule has 2 aromatic heterocycles. The van der Waals surface area contributed by atoms with Crippen LogP contribution in [0.1, 0.15) is 0 Å². The zero-order valence-corrected chi connectivity index (χ0v) is 12.5. The third kappa shape index (κ3) is 3.60. The maximum absolute atomic E-state index is 13.4. The number of halogens is 2. The summed E-state index contributed by atoms with van der Waals surface area (Å²) in [6, 6.07) is 4.49. The number of carbonyl (C=O) groups is 1. The molecule has 0 aliphatic rings. The molecule has 2 N–H and O–H groups in total. The third-order valence-corrected chi connectivity index (χ3v) is 3.32. The van der Waals surface area contributed by atoms with Crippen LogP contribution < -0.4 is 10.6 Å². The molecule has 24 heavy (non-hydrogen) atoms. The van der Waals surface area contributed by atoms with E-state index < -0.39 is 23.4 Å². The number of rotatable bonds is 5. The first-order valence-corrected chi connectivity index (χ1v) is 7.17. The summed E-state index contributed by atoms with van der Waals surface area (Å²) in [5, 5.41) is 8.83. The molecule has 3 aromatic rings. The highest BCUT2D eigenvalue weighted by molar-refractivity contribution is 5.89. The van der Waals surface area contributed by atoms with Gasteiger partial charge in [-0.15, -0.1) is 0 Å². The fraction of sp³-hybridized carbons (Fsp3) is 0.125. The number of amides is 2. The molecule has 1 aromatic carbocycles. The van der Waals surface area contributed by atoms with Crippen LogP contribution in [0, 0.1) is 11.6 Å². The summed E-state index contributed by atoms with van der Waals surface area (Å²) >= 11 is 0. The van der Waals surface area contributed by atoms with E-state index in [1.807, 2.05) is 6.07 Å². The molecule has 0 radical (unpaired) electrons. The minimum absolute atomic E-state index is 0.244. The lowest BCUT2D eigenvalue weighted by Crippen LogP contribution is -2.32. The summed E-state index contributed by atoms with van der Waals surface area (Å²) in [7, 11) is 0. The van der Waals surface area contributed by atoms with Crippen molar-refractivity contribution in [1.82, 2.24) is 15.1 Å². The average Bonchev–Trinajstić information content (AvgIpc) is 3.22. The highest BCUT2D eigenvalue weighted by atomic mass is 19.1. The van der Waals surface area contributed by atoms with Crippen LogP contribution in [0.5, 0.6) is 0 Å². The number of benzene rings is 1. The number of carbonyl (C=O) groups excluding carboxylic acids is 1. The number of furan rings is 1. The first kappa shape index (κ1) is 15.7. The first-order valence-electron chi connectivity index (χ1n) is 7.17. The van der Waals surface area contributed by atoms with E-state index in [0.29, 0.717) is 6.54 Å². The van der Waals surface area contributed by atoms with Gasteiger partial charge in [0.25, 0.3) is 0 Å². The van der Waals surface area contributed by atoms with E-state index in [0.717, 1.165) is 23.3 Å². The van der Waals surface area contributed by atoms with Gasteiger partial charge in [0.15, 0.2) is 0 Å². The van der Waals surface area contributed by atoms with Crippen molar-refractivity contribution in [2.24, 2.45) is 0 Å². The second-order valence-corrected chi connectivity index (χ2v) is 4.98. The van der Waals surface area contributed by atoms with Gasteiger partial charge in [-0.2, -0.15) is 5.10 Å². The number of urea groups is 1. The highest BCUT2D eigenvalue weighted by Gasteiger charge is 2.11. The number of hydrogen-bond acceptors (Lipinski definition) is 3. The van der Waals surface area contributed by atoms with Gasteiger partial charge in [0.05, 0.1) is 25.3 Å². The van der Waals surface area contributed by atoms with Crippen LogP contribution in [0.15, 0.2) is 53.6 Å². The standard InChI is InChI=1S/C16H14F2N4O2/c17-13-2-1-3-14(18)15(13)21-16(23)19-5-6-22-9-12(8-20-22)11-4-7-24-10-11/h1-4,7-10H,5-6H2,(H2,19,21,23). The van der Waals surface area contributed by atoms with Crippen LogP contribution in [-0.4, -0.2) is 22.4 Å². The van der Waals surface area contributed by atoms with Crippen molar-refractivity contribution in [3.8, 4) is 11.1 Å². The number of para-hydroxylation sites is 1. The van der Waals surface area contributed by atoms with Crippen LogP contribution in [0.25, 0.3) is 11.1 Å². The van der Waals surface area contributed by atoms with Crippen LogP contribution in [-0.2, 0) is 6.54 Å². The predicted octanol–water partition coefficient (Wildman–Crippen LogP) is 3.24. The van der Waals surface area contributed by atoms with Crippen molar-refractivity contribution < 1.29 is 18.0 Å². The second kappa shape index (κ2) is 6.95. The number of nitrogens with one attached hydrogen (secondary N) is 2. The minimum Gasteiger partial charge on any atom is -0.472 e. The predicted molar refractivity (Wildman–Crippen MR) is 83.3 cm³/mol. The molecule has 0 aliphatic carbocycles. The van der Waals surface area contributed by atoms with Crippen LogP contribution in [0.2, 0.25) is 0 Å². The first-order chi connectivity index (χ1) is 11.6. The van der Waals surface area contributed by atoms with Crippen LogP contribution in [0.3, 0.4) is 0 Å². The smallest absolute Gasteiger partial charge is 0.319 e. The Bertz CT molecular complexity index is 810. The zero-order chi connectivity index (χ0) is 16.9. The van der Waals surface area contributed by atoms with Crippen molar-refractivity contribution in [2.75, 3.05) is 11.9 Å². The van der Waals surface area contributed by atoms with Crippen molar-refractivity contribution in [2.45, 2.75) is 6.54 Å². The fourth-order valence-corrected chi connectivity index (χ4v) is 2.12. The lowest BCUT2D eigenvalue weighted by Gasteiger charge is -2.09. The number of anilines is 1. The maximum atomic E-state index is 13.4. The molecule has 0 unspecified atom stereocenters. The van der Waals surface area contributed by atoms with E-state index in [4.69, 9.17) is 4.42 Å². The molecular weight excluding hydrogens is 318 g/mol. The molecule has 0 saturated heterocycles. The number of nitrogens with zero attached hydrogens (tertiary/aromatic N) is 2. The topological polar surface area (TPSA) is 72.1 Å². The van der Waals surface area contributed by atoms with Gasteiger partial charge >= 0.3 is 6.03 Å². The largest absolute Gasteiger partial charge is 0.472 e. The van der Waals surface area contributed by atoms with Gasteiger partial charge in [-0.05, 0) is 18.2 Å². The summed E-state index contributed by atoms with van der Waals surface area (Å²) in [6.45, 7) is 0.652. The minimum atomic E-state index is -0.831. The third-order valence-electron chi connectivity index (χ3n) is 3.32. The molecule has 2 amide bonds. The Morgan fingerprint density at radius 3 is 2.71 bits per heavy atom. The monoisotopic (exact) mass is 332 g/mol. The molecule has 0 bridgehead atoms. The second-order valence-electron chi connectivity index (χ2n) is 4.98. The zero-order valence-electron chi connectivity index (χ0n) is 12.5. The van der Waals surface area contributed by atoms with Crippen molar-refractivity contribution >= 4 is 11.7 Å². The Hall–Kier alpha value is -3.16. The van der Waals surface area contributed by atoms with Gasteiger partial charge < -0.3 is 15.1 Å². The molecule has 0 spiro atoms. The molecule has 0 atom stereocenters. The quantitative estimate of drug-likeness (QED) is 0.753. The Kier molecular flexibility index (Phi) is 4.55. The molecule has 8 heteroatoms. The van der Waals surface area contributed by atoms with E-state index in [1.165, 1.54) is 6.07 Å². The number of hydrogen-bond donors (Lipinski definition) is 2. The molecule has 3 rings (SSSR count). The maximum Gasteiger partial charge on any atom is 0.319 e. The molecule has 0 aliphatic heterocycles. The average molecular weight is 332 g/mol. The van der Waals surface area contributed by atoms with Crippen LogP contribution in [0.4, 0.5) is 19.3 Å².